The zero-order chi connectivity index (χ0) is 15.6. The number of anilines is 1. The molecule has 6 nitrogen and oxygen atoms in total. The summed E-state index contributed by atoms with van der Waals surface area (Å²) in [5, 5.41) is 22.3. The Labute approximate surface area is 119 Å². The Hall–Kier alpha value is -2.96. The van der Waals surface area contributed by atoms with Gasteiger partial charge in [0, 0.05) is 28.9 Å². The number of halogens is 1. The molecule has 0 saturated carbocycles. The molecule has 0 aliphatic carbocycles. The minimum absolute atomic E-state index is 0.123. The van der Waals surface area contributed by atoms with Gasteiger partial charge in [-0.1, -0.05) is 6.07 Å². The van der Waals surface area contributed by atoms with Gasteiger partial charge < -0.3 is 10.4 Å². The first kappa shape index (κ1) is 14.4. The van der Waals surface area contributed by atoms with Crippen molar-refractivity contribution in [3.8, 4) is 5.75 Å². The van der Waals surface area contributed by atoms with Gasteiger partial charge in [-0.15, -0.1) is 0 Å². The smallest absolute Gasteiger partial charge is 0.273 e. The maximum Gasteiger partial charge on any atom is 0.273 e. The number of nitro benzene ring substituents is 1. The lowest BCUT2D eigenvalue weighted by Gasteiger charge is -2.08. The molecule has 0 aliphatic heterocycles. The minimum atomic E-state index is -0.872. The maximum absolute atomic E-state index is 13.2. The summed E-state index contributed by atoms with van der Waals surface area (Å²) in [6, 6.07) is 7.52. The van der Waals surface area contributed by atoms with E-state index < -0.39 is 22.4 Å². The van der Waals surface area contributed by atoms with Crippen molar-refractivity contribution in [1.82, 2.24) is 0 Å². The first-order chi connectivity index (χ1) is 9.90. The standard InChI is InChI=1S/C14H11FN2O4/c1-8-10(3-2-4-12(8)17(20)21)14(19)16-9-5-6-13(18)11(15)7-9/h2-7,18H,1H3,(H,16,19). The molecule has 21 heavy (non-hydrogen) atoms. The molecule has 0 atom stereocenters. The minimum Gasteiger partial charge on any atom is -0.505 e. The molecule has 0 radical (unpaired) electrons. The quantitative estimate of drug-likeness (QED) is 0.516. The van der Waals surface area contributed by atoms with E-state index in [1.807, 2.05) is 0 Å². The molecule has 1 amide bonds. The molecular formula is C14H11FN2O4. The molecule has 108 valence electrons. The van der Waals surface area contributed by atoms with Gasteiger partial charge in [-0.3, -0.25) is 14.9 Å². The highest BCUT2D eigenvalue weighted by Crippen LogP contribution is 2.23. The van der Waals surface area contributed by atoms with Gasteiger partial charge in [-0.05, 0) is 25.1 Å². The third-order valence-electron chi connectivity index (χ3n) is 2.95. The molecule has 0 aliphatic rings. The van der Waals surface area contributed by atoms with Crippen molar-refractivity contribution >= 4 is 17.3 Å². The molecule has 2 N–H and O–H groups in total. The maximum atomic E-state index is 13.2. The molecule has 0 aromatic heterocycles. The Balaban J connectivity index is 2.30. The first-order valence-electron chi connectivity index (χ1n) is 5.94. The summed E-state index contributed by atoms with van der Waals surface area (Å²) in [6.07, 6.45) is 0. The van der Waals surface area contributed by atoms with Crippen LogP contribution in [0.3, 0.4) is 0 Å². The topological polar surface area (TPSA) is 92.5 Å². The summed E-state index contributed by atoms with van der Waals surface area (Å²) < 4.78 is 13.2. The Morgan fingerprint density at radius 3 is 2.67 bits per heavy atom. The van der Waals surface area contributed by atoms with E-state index in [0.717, 1.165) is 12.1 Å². The Morgan fingerprint density at radius 1 is 1.33 bits per heavy atom. The van der Waals surface area contributed by atoms with Crippen LogP contribution in [0.1, 0.15) is 15.9 Å². The summed E-state index contributed by atoms with van der Waals surface area (Å²) in [5.41, 5.74) is 0.317. The van der Waals surface area contributed by atoms with Gasteiger partial charge in [0.15, 0.2) is 11.6 Å². The van der Waals surface area contributed by atoms with Crippen LogP contribution in [0.25, 0.3) is 0 Å². The van der Waals surface area contributed by atoms with Crippen molar-refractivity contribution < 1.29 is 19.2 Å². The predicted octanol–water partition coefficient (Wildman–Crippen LogP) is 3.00. The lowest BCUT2D eigenvalue weighted by molar-refractivity contribution is -0.385. The molecule has 2 aromatic rings. The van der Waals surface area contributed by atoms with E-state index in [9.17, 15) is 19.3 Å². The number of nitrogens with zero attached hydrogens (tertiary/aromatic N) is 1. The zero-order valence-electron chi connectivity index (χ0n) is 11.0. The summed E-state index contributed by atoms with van der Waals surface area (Å²) >= 11 is 0. The largest absolute Gasteiger partial charge is 0.505 e. The molecule has 0 fully saturated rings. The second-order valence-electron chi connectivity index (χ2n) is 4.33. The molecule has 2 aromatic carbocycles. The van der Waals surface area contributed by atoms with Crippen LogP contribution in [-0.4, -0.2) is 15.9 Å². The van der Waals surface area contributed by atoms with Gasteiger partial charge in [-0.2, -0.15) is 0 Å². The number of nitrogens with one attached hydrogen (secondary N) is 1. The summed E-state index contributed by atoms with van der Waals surface area (Å²) in [7, 11) is 0. The van der Waals surface area contributed by atoms with E-state index in [1.165, 1.54) is 31.2 Å². The number of amides is 1. The molecule has 0 bridgehead atoms. The van der Waals surface area contributed by atoms with Crippen molar-refractivity contribution in [2.75, 3.05) is 5.32 Å². The fourth-order valence-electron chi connectivity index (χ4n) is 1.85. The van der Waals surface area contributed by atoms with Gasteiger partial charge >= 0.3 is 0 Å². The lowest BCUT2D eigenvalue weighted by atomic mass is 10.1. The average molecular weight is 290 g/mol. The van der Waals surface area contributed by atoms with Crippen LogP contribution in [0.5, 0.6) is 5.75 Å². The number of phenolic OH excluding ortho intramolecular Hbond substituents is 1. The number of carbonyl (C=O) groups is 1. The van der Waals surface area contributed by atoms with Crippen LogP contribution in [0.4, 0.5) is 15.8 Å². The highest BCUT2D eigenvalue weighted by Gasteiger charge is 2.18. The molecule has 0 heterocycles. The number of aromatic hydroxyl groups is 1. The van der Waals surface area contributed by atoms with Crippen LogP contribution in [0.2, 0.25) is 0 Å². The fourth-order valence-corrected chi connectivity index (χ4v) is 1.85. The number of carbonyl (C=O) groups excluding carboxylic acids is 1. The van der Waals surface area contributed by atoms with Crippen LogP contribution < -0.4 is 5.32 Å². The van der Waals surface area contributed by atoms with E-state index in [0.29, 0.717) is 0 Å². The molecular weight excluding hydrogens is 279 g/mol. The molecule has 0 unspecified atom stereocenters. The Bertz CT molecular complexity index is 731. The van der Waals surface area contributed by atoms with Gasteiger partial charge in [-0.25, -0.2) is 4.39 Å². The molecule has 0 spiro atoms. The van der Waals surface area contributed by atoms with Gasteiger partial charge in [0.1, 0.15) is 0 Å². The monoisotopic (exact) mass is 290 g/mol. The van der Waals surface area contributed by atoms with E-state index in [4.69, 9.17) is 5.11 Å². The predicted molar refractivity (Wildman–Crippen MR) is 73.9 cm³/mol. The molecule has 2 rings (SSSR count). The highest BCUT2D eigenvalue weighted by molar-refractivity contribution is 6.05. The van der Waals surface area contributed by atoms with Crippen LogP contribution in [0, 0.1) is 22.9 Å². The zero-order valence-corrected chi connectivity index (χ0v) is 11.0. The first-order valence-corrected chi connectivity index (χ1v) is 5.94. The normalized spacial score (nSPS) is 10.2. The van der Waals surface area contributed by atoms with Crippen LogP contribution in [-0.2, 0) is 0 Å². The summed E-state index contributed by atoms with van der Waals surface area (Å²) in [4.78, 5) is 22.3. The number of phenols is 1. The van der Waals surface area contributed by atoms with Gasteiger partial charge in [0.25, 0.3) is 11.6 Å². The highest BCUT2D eigenvalue weighted by atomic mass is 19.1. The fraction of sp³-hybridized carbons (Fsp3) is 0.0714. The van der Waals surface area contributed by atoms with Gasteiger partial charge in [0.2, 0.25) is 0 Å². The van der Waals surface area contributed by atoms with E-state index in [1.54, 1.807) is 0 Å². The third-order valence-corrected chi connectivity index (χ3v) is 2.95. The van der Waals surface area contributed by atoms with Crippen molar-refractivity contribution in [3.05, 3.63) is 63.5 Å². The van der Waals surface area contributed by atoms with Crippen molar-refractivity contribution in [2.24, 2.45) is 0 Å². The average Bonchev–Trinajstić information content (AvgIpc) is 2.42. The van der Waals surface area contributed by atoms with E-state index in [-0.39, 0.29) is 22.5 Å². The SMILES string of the molecule is Cc1c(C(=O)Nc2ccc(O)c(F)c2)cccc1[N+](=O)[O-]. The molecule has 0 saturated heterocycles. The molecule has 7 heteroatoms. The van der Waals surface area contributed by atoms with Crippen LogP contribution in [0.15, 0.2) is 36.4 Å². The van der Waals surface area contributed by atoms with E-state index in [2.05, 4.69) is 5.32 Å². The number of benzene rings is 2. The lowest BCUT2D eigenvalue weighted by Crippen LogP contribution is -2.14. The summed E-state index contributed by atoms with van der Waals surface area (Å²) in [6.45, 7) is 1.46. The van der Waals surface area contributed by atoms with Crippen molar-refractivity contribution in [2.45, 2.75) is 6.92 Å². The second kappa shape index (κ2) is 5.58. The Kier molecular flexibility index (Phi) is 3.84. The number of nitro groups is 1. The number of rotatable bonds is 3. The Morgan fingerprint density at radius 2 is 2.05 bits per heavy atom. The van der Waals surface area contributed by atoms with Crippen molar-refractivity contribution in [1.29, 1.82) is 0 Å². The van der Waals surface area contributed by atoms with E-state index >= 15 is 0 Å². The number of hydrogen-bond donors (Lipinski definition) is 2. The number of hydrogen-bond acceptors (Lipinski definition) is 4. The summed E-state index contributed by atoms with van der Waals surface area (Å²) in [5.74, 6) is -2.00. The third kappa shape index (κ3) is 2.97. The van der Waals surface area contributed by atoms with Gasteiger partial charge in [0.05, 0.1) is 4.92 Å². The second-order valence-corrected chi connectivity index (χ2v) is 4.33. The van der Waals surface area contributed by atoms with Crippen LogP contribution >= 0.6 is 0 Å². The van der Waals surface area contributed by atoms with Crippen molar-refractivity contribution in [3.63, 3.8) is 0 Å².